The molecule has 0 radical (unpaired) electrons. The van der Waals surface area contributed by atoms with Gasteiger partial charge >= 0.3 is 0 Å². The molecular weight excluding hydrogens is 204 g/mol. The lowest BCUT2D eigenvalue weighted by Gasteiger charge is -2.11. The van der Waals surface area contributed by atoms with Crippen molar-refractivity contribution in [2.24, 2.45) is 5.92 Å². The Morgan fingerprint density at radius 3 is 2.53 bits per heavy atom. The Kier molecular flexibility index (Phi) is 3.43. The molecule has 0 heteroatoms. The van der Waals surface area contributed by atoms with Crippen molar-refractivity contribution in [1.82, 2.24) is 0 Å². The minimum Gasteiger partial charge on any atom is -0.0991 e. The monoisotopic (exact) mass is 222 g/mol. The van der Waals surface area contributed by atoms with Crippen LogP contribution in [-0.4, -0.2) is 0 Å². The largest absolute Gasteiger partial charge is 0.0991 e. The van der Waals surface area contributed by atoms with Crippen molar-refractivity contribution in [2.75, 3.05) is 0 Å². The number of benzene rings is 1. The highest BCUT2D eigenvalue weighted by Crippen LogP contribution is 2.37. The molecule has 1 aromatic rings. The van der Waals surface area contributed by atoms with Crippen molar-refractivity contribution in [3.63, 3.8) is 0 Å². The van der Waals surface area contributed by atoms with E-state index in [2.05, 4.69) is 62.9 Å². The summed E-state index contributed by atoms with van der Waals surface area (Å²) in [4.78, 5) is 0. The Hall–Kier alpha value is -1.82. The van der Waals surface area contributed by atoms with Crippen molar-refractivity contribution < 1.29 is 0 Å². The predicted molar refractivity (Wildman–Crippen MR) is 75.6 cm³/mol. The number of hydrogen-bond donors (Lipinski definition) is 0. The maximum Gasteiger partial charge on any atom is 0.00322 e. The van der Waals surface area contributed by atoms with Crippen molar-refractivity contribution in [3.8, 4) is 0 Å². The highest BCUT2D eigenvalue weighted by atomic mass is 14.2. The number of hydrogen-bond acceptors (Lipinski definition) is 0. The first-order valence-corrected chi connectivity index (χ1v) is 6.01. The third kappa shape index (κ3) is 2.31. The van der Waals surface area contributed by atoms with Crippen molar-refractivity contribution in [2.45, 2.75) is 13.8 Å². The first kappa shape index (κ1) is 11.7. The number of rotatable bonds is 3. The summed E-state index contributed by atoms with van der Waals surface area (Å²) in [5.74, 6) is 0.502. The van der Waals surface area contributed by atoms with Crippen LogP contribution < -0.4 is 0 Å². The molecule has 1 atom stereocenters. The molecule has 1 aliphatic rings. The van der Waals surface area contributed by atoms with E-state index in [1.165, 1.54) is 22.3 Å². The van der Waals surface area contributed by atoms with Crippen LogP contribution >= 0.6 is 0 Å². The smallest absolute Gasteiger partial charge is 0.00322 e. The van der Waals surface area contributed by atoms with E-state index in [1.54, 1.807) is 0 Å². The Morgan fingerprint density at radius 2 is 1.88 bits per heavy atom. The normalized spacial score (nSPS) is 19.9. The van der Waals surface area contributed by atoms with Crippen LogP contribution in [0.3, 0.4) is 0 Å². The summed E-state index contributed by atoms with van der Waals surface area (Å²) in [6.07, 6.45) is 8.24. The van der Waals surface area contributed by atoms with Gasteiger partial charge in [-0.2, -0.15) is 0 Å². The van der Waals surface area contributed by atoms with Gasteiger partial charge in [-0.3, -0.25) is 0 Å². The third-order valence-corrected chi connectivity index (χ3v) is 3.40. The maximum atomic E-state index is 3.71. The zero-order valence-electron chi connectivity index (χ0n) is 10.5. The van der Waals surface area contributed by atoms with Gasteiger partial charge in [0.05, 0.1) is 0 Å². The van der Waals surface area contributed by atoms with Gasteiger partial charge in [0.1, 0.15) is 0 Å². The Balaban J connectivity index is 2.35. The fourth-order valence-corrected chi connectivity index (χ4v) is 2.20. The van der Waals surface area contributed by atoms with Gasteiger partial charge < -0.3 is 0 Å². The zero-order valence-corrected chi connectivity index (χ0v) is 10.5. The summed E-state index contributed by atoms with van der Waals surface area (Å²) in [6, 6.07) is 10.6. The summed E-state index contributed by atoms with van der Waals surface area (Å²) in [6.45, 7) is 8.19. The molecule has 1 aromatic carbocycles. The molecule has 1 aliphatic carbocycles. The molecule has 0 saturated carbocycles. The molecule has 2 rings (SSSR count). The lowest BCUT2D eigenvalue weighted by molar-refractivity contribution is 0.898. The van der Waals surface area contributed by atoms with Crippen LogP contribution in [0.5, 0.6) is 0 Å². The minimum absolute atomic E-state index is 0.502. The molecule has 0 nitrogen and oxygen atoms in total. The summed E-state index contributed by atoms with van der Waals surface area (Å²) >= 11 is 0. The molecule has 86 valence electrons. The van der Waals surface area contributed by atoms with E-state index >= 15 is 0 Å². The molecule has 0 saturated heterocycles. The molecule has 0 aromatic heterocycles. The highest BCUT2D eigenvalue weighted by Gasteiger charge is 2.20. The van der Waals surface area contributed by atoms with Crippen LogP contribution in [0.2, 0.25) is 0 Å². The van der Waals surface area contributed by atoms with Gasteiger partial charge in [0.25, 0.3) is 0 Å². The first-order valence-electron chi connectivity index (χ1n) is 6.01. The van der Waals surface area contributed by atoms with Gasteiger partial charge in [0.2, 0.25) is 0 Å². The van der Waals surface area contributed by atoms with Gasteiger partial charge in [-0.15, -0.1) is 0 Å². The quantitative estimate of drug-likeness (QED) is 0.646. The van der Waals surface area contributed by atoms with Crippen LogP contribution in [-0.2, 0) is 0 Å². The van der Waals surface area contributed by atoms with E-state index in [0.29, 0.717) is 5.92 Å². The Labute approximate surface area is 104 Å². The van der Waals surface area contributed by atoms with Gasteiger partial charge in [-0.25, -0.2) is 0 Å². The molecule has 0 amide bonds. The second kappa shape index (κ2) is 5.01. The Bertz CT molecular complexity index is 498. The van der Waals surface area contributed by atoms with Crippen LogP contribution in [0.1, 0.15) is 19.4 Å². The van der Waals surface area contributed by atoms with Crippen LogP contribution in [0.15, 0.2) is 72.4 Å². The second-order valence-corrected chi connectivity index (χ2v) is 4.42. The van der Waals surface area contributed by atoms with Crippen LogP contribution in [0, 0.1) is 5.92 Å². The summed E-state index contributed by atoms with van der Waals surface area (Å²) in [7, 11) is 0. The molecule has 0 heterocycles. The lowest BCUT2D eigenvalue weighted by atomic mass is 9.93. The topological polar surface area (TPSA) is 0 Å². The summed E-state index contributed by atoms with van der Waals surface area (Å²) in [5.41, 5.74) is 5.48. The average molecular weight is 222 g/mol. The lowest BCUT2D eigenvalue weighted by Crippen LogP contribution is -1.95. The predicted octanol–water partition coefficient (Wildman–Crippen LogP) is 4.78. The highest BCUT2D eigenvalue weighted by molar-refractivity contribution is 5.77. The van der Waals surface area contributed by atoms with Crippen LogP contribution in [0.4, 0.5) is 0 Å². The molecule has 0 bridgehead atoms. The van der Waals surface area contributed by atoms with Crippen molar-refractivity contribution in [1.29, 1.82) is 0 Å². The average Bonchev–Trinajstić information content (AvgIpc) is 2.65. The van der Waals surface area contributed by atoms with Gasteiger partial charge in [0.15, 0.2) is 0 Å². The second-order valence-electron chi connectivity index (χ2n) is 4.42. The van der Waals surface area contributed by atoms with E-state index in [0.717, 1.165) is 0 Å². The molecule has 17 heavy (non-hydrogen) atoms. The van der Waals surface area contributed by atoms with Gasteiger partial charge in [0, 0.05) is 5.92 Å². The third-order valence-electron chi connectivity index (χ3n) is 3.40. The molecule has 1 unspecified atom stereocenters. The molecule has 0 fully saturated rings. The van der Waals surface area contributed by atoms with E-state index < -0.39 is 0 Å². The number of allylic oxidation sites excluding steroid dienone is 7. The molecule has 0 spiro atoms. The Morgan fingerprint density at radius 1 is 1.18 bits per heavy atom. The van der Waals surface area contributed by atoms with Gasteiger partial charge in [-0.1, -0.05) is 73.7 Å². The summed E-state index contributed by atoms with van der Waals surface area (Å²) < 4.78 is 0. The van der Waals surface area contributed by atoms with E-state index in [9.17, 15) is 0 Å². The molecule has 0 aliphatic heterocycles. The maximum absolute atomic E-state index is 3.71. The minimum atomic E-state index is 0.502. The SMILES string of the molecule is C=C/C=C\C1=C(C)C(C)C(c2ccccc2)=C1. The standard InChI is InChI=1S/C17H18/c1-4-5-9-16-12-17(14(3)13(16)2)15-10-7-6-8-11-15/h4-12,14H,1H2,2-3H3/b9-5-. The molecular formula is C17H18. The zero-order chi connectivity index (χ0) is 12.3. The van der Waals surface area contributed by atoms with E-state index in [1.807, 2.05) is 12.2 Å². The van der Waals surface area contributed by atoms with Gasteiger partial charge in [-0.05, 0) is 23.6 Å². The van der Waals surface area contributed by atoms with Crippen molar-refractivity contribution >= 4 is 5.57 Å². The summed E-state index contributed by atoms with van der Waals surface area (Å²) in [5, 5.41) is 0. The molecule has 0 N–H and O–H groups in total. The first-order chi connectivity index (χ1) is 8.24. The van der Waals surface area contributed by atoms with E-state index in [-0.39, 0.29) is 0 Å². The fourth-order valence-electron chi connectivity index (χ4n) is 2.20. The fraction of sp³-hybridized carbons (Fsp3) is 0.176. The van der Waals surface area contributed by atoms with Crippen LogP contribution in [0.25, 0.3) is 5.57 Å². The van der Waals surface area contributed by atoms with E-state index in [4.69, 9.17) is 0 Å². The van der Waals surface area contributed by atoms with Crippen molar-refractivity contribution in [3.05, 3.63) is 77.9 Å².